The molecule has 5 rings (SSSR count). The van der Waals surface area contributed by atoms with Crippen LogP contribution in [0.2, 0.25) is 5.02 Å². The van der Waals surface area contributed by atoms with Crippen LogP contribution in [0.25, 0.3) is 16.7 Å². The monoisotopic (exact) mass is 429 g/mol. The Bertz CT molecular complexity index is 1290. The summed E-state index contributed by atoms with van der Waals surface area (Å²) in [7, 11) is 0. The van der Waals surface area contributed by atoms with Gasteiger partial charge >= 0.3 is 0 Å². The van der Waals surface area contributed by atoms with Crippen LogP contribution < -0.4 is 9.80 Å². The van der Waals surface area contributed by atoms with Crippen molar-refractivity contribution >= 4 is 39.8 Å². The molecule has 0 atom stereocenters. The Balaban J connectivity index is 1.57. The zero-order valence-corrected chi connectivity index (χ0v) is 18.3. The van der Waals surface area contributed by atoms with Crippen LogP contribution in [-0.4, -0.2) is 35.6 Å². The molecule has 4 aromatic rings. The Labute approximate surface area is 187 Å². The summed E-state index contributed by atoms with van der Waals surface area (Å²) in [6.45, 7) is 5.77. The quantitative estimate of drug-likeness (QED) is 0.442. The smallest absolute Gasteiger partial charge is 0.157 e. The van der Waals surface area contributed by atoms with Gasteiger partial charge in [0.2, 0.25) is 0 Å². The largest absolute Gasteiger partial charge is 0.368 e. The molecule has 0 amide bonds. The van der Waals surface area contributed by atoms with Gasteiger partial charge < -0.3 is 9.80 Å². The van der Waals surface area contributed by atoms with Crippen LogP contribution in [0.4, 0.5) is 11.5 Å². The van der Waals surface area contributed by atoms with Gasteiger partial charge in [-0.3, -0.25) is 4.40 Å². The number of nitrogens with zero attached hydrogens (tertiary/aromatic N) is 5. The molecule has 0 saturated carbocycles. The molecule has 0 unspecified atom stereocenters. The number of rotatable bonds is 4. The van der Waals surface area contributed by atoms with Crippen molar-refractivity contribution in [2.45, 2.75) is 19.8 Å². The number of anilines is 2. The minimum absolute atomic E-state index is 0.694. The maximum absolute atomic E-state index is 9.92. The van der Waals surface area contributed by atoms with E-state index in [9.17, 15) is 5.26 Å². The molecule has 0 N–H and O–H groups in total. The Morgan fingerprint density at radius 1 is 1.00 bits per heavy atom. The van der Waals surface area contributed by atoms with E-state index in [1.54, 1.807) is 0 Å². The lowest BCUT2D eigenvalue weighted by Crippen LogP contribution is -2.47. The van der Waals surface area contributed by atoms with Crippen molar-refractivity contribution in [3.63, 3.8) is 0 Å². The number of halogens is 1. The second-order valence-corrected chi connectivity index (χ2v) is 8.41. The summed E-state index contributed by atoms with van der Waals surface area (Å²) in [5.74, 6) is 1.12. The third kappa shape index (κ3) is 3.47. The molecule has 0 spiro atoms. The summed E-state index contributed by atoms with van der Waals surface area (Å²) in [5, 5.41) is 10.7. The molecule has 31 heavy (non-hydrogen) atoms. The van der Waals surface area contributed by atoms with Crippen LogP contribution >= 0.6 is 11.6 Å². The number of pyridine rings is 1. The highest BCUT2D eigenvalue weighted by Crippen LogP contribution is 2.31. The van der Waals surface area contributed by atoms with Crippen LogP contribution in [0.15, 0.2) is 54.6 Å². The molecule has 2 aromatic carbocycles. The number of aryl methyl sites for hydroxylation is 1. The van der Waals surface area contributed by atoms with Crippen LogP contribution in [0.3, 0.4) is 0 Å². The van der Waals surface area contributed by atoms with Crippen molar-refractivity contribution < 1.29 is 0 Å². The van der Waals surface area contributed by atoms with Gasteiger partial charge in [-0.15, -0.1) is 0 Å². The van der Waals surface area contributed by atoms with Crippen molar-refractivity contribution in [1.82, 2.24) is 9.38 Å². The first-order valence-electron chi connectivity index (χ1n) is 10.8. The lowest BCUT2D eigenvalue weighted by molar-refractivity contribution is 0.645. The maximum Gasteiger partial charge on any atom is 0.157 e. The van der Waals surface area contributed by atoms with E-state index < -0.39 is 0 Å². The molecule has 1 aliphatic rings. The van der Waals surface area contributed by atoms with E-state index in [0.717, 1.165) is 77.8 Å². The summed E-state index contributed by atoms with van der Waals surface area (Å²) in [6, 6.07) is 20.8. The van der Waals surface area contributed by atoms with Crippen molar-refractivity contribution in [3.05, 3.63) is 70.7 Å². The zero-order chi connectivity index (χ0) is 21.4. The molecule has 6 heteroatoms. The number of aromatic nitrogens is 2. The van der Waals surface area contributed by atoms with Crippen LogP contribution in [0, 0.1) is 11.3 Å². The third-order valence-corrected chi connectivity index (χ3v) is 6.28. The average Bonchev–Trinajstić information content (AvgIpc) is 3.18. The van der Waals surface area contributed by atoms with Gasteiger partial charge in [0.15, 0.2) is 5.65 Å². The zero-order valence-electron chi connectivity index (χ0n) is 17.6. The SMILES string of the molecule is CCCc1cc(N2CCN(c3cccc(Cl)c3)CC2)n2c(nc3ccccc32)c1C#N. The van der Waals surface area contributed by atoms with Crippen LogP contribution in [0.5, 0.6) is 0 Å². The summed E-state index contributed by atoms with van der Waals surface area (Å²) in [5.41, 5.74) is 5.68. The van der Waals surface area contributed by atoms with Crippen molar-refractivity contribution in [3.8, 4) is 6.07 Å². The van der Waals surface area contributed by atoms with Gasteiger partial charge in [-0.1, -0.05) is 43.1 Å². The van der Waals surface area contributed by atoms with Crippen molar-refractivity contribution in [2.75, 3.05) is 36.0 Å². The summed E-state index contributed by atoms with van der Waals surface area (Å²) >= 11 is 6.20. The molecule has 1 saturated heterocycles. The molecule has 3 heterocycles. The lowest BCUT2D eigenvalue weighted by Gasteiger charge is -2.37. The molecule has 2 aromatic heterocycles. The Kier molecular flexibility index (Phi) is 5.17. The fraction of sp³-hybridized carbons (Fsp3) is 0.280. The second-order valence-electron chi connectivity index (χ2n) is 7.98. The first-order chi connectivity index (χ1) is 15.2. The van der Waals surface area contributed by atoms with Gasteiger partial charge in [-0.05, 0) is 48.4 Å². The van der Waals surface area contributed by atoms with Gasteiger partial charge in [0, 0.05) is 36.9 Å². The Hall–Kier alpha value is -3.23. The van der Waals surface area contributed by atoms with Crippen LogP contribution in [-0.2, 0) is 6.42 Å². The minimum atomic E-state index is 0.694. The summed E-state index contributed by atoms with van der Waals surface area (Å²) in [4.78, 5) is 9.64. The van der Waals surface area contributed by atoms with E-state index in [1.165, 1.54) is 0 Å². The highest BCUT2D eigenvalue weighted by atomic mass is 35.5. The summed E-state index contributed by atoms with van der Waals surface area (Å²) in [6.07, 6.45) is 1.87. The first kappa shape index (κ1) is 19.7. The molecule has 5 nitrogen and oxygen atoms in total. The average molecular weight is 430 g/mol. The fourth-order valence-electron chi connectivity index (χ4n) is 4.55. The van der Waals surface area contributed by atoms with Gasteiger partial charge in [0.05, 0.1) is 16.6 Å². The number of hydrogen-bond acceptors (Lipinski definition) is 4. The van der Waals surface area contributed by atoms with E-state index in [1.807, 2.05) is 36.4 Å². The number of piperazine rings is 1. The third-order valence-electron chi connectivity index (χ3n) is 6.05. The fourth-order valence-corrected chi connectivity index (χ4v) is 4.73. The predicted molar refractivity (Wildman–Crippen MR) is 127 cm³/mol. The molecular weight excluding hydrogens is 406 g/mol. The maximum atomic E-state index is 9.92. The second kappa shape index (κ2) is 8.13. The summed E-state index contributed by atoms with van der Waals surface area (Å²) < 4.78 is 2.17. The van der Waals surface area contributed by atoms with Gasteiger partial charge in [0.1, 0.15) is 11.9 Å². The number of hydrogen-bond donors (Lipinski definition) is 0. The van der Waals surface area contributed by atoms with Crippen molar-refractivity contribution in [2.24, 2.45) is 0 Å². The predicted octanol–water partition coefficient (Wildman–Crippen LogP) is 5.29. The number of fused-ring (bicyclic) bond motifs is 3. The normalized spacial score (nSPS) is 14.4. The number of benzene rings is 2. The highest BCUT2D eigenvalue weighted by Gasteiger charge is 2.23. The van der Waals surface area contributed by atoms with Gasteiger partial charge in [0.25, 0.3) is 0 Å². The van der Waals surface area contributed by atoms with E-state index in [-0.39, 0.29) is 0 Å². The Morgan fingerprint density at radius 3 is 2.52 bits per heavy atom. The molecule has 1 fully saturated rings. The van der Waals surface area contributed by atoms with Gasteiger partial charge in [-0.2, -0.15) is 5.26 Å². The van der Waals surface area contributed by atoms with E-state index in [4.69, 9.17) is 16.6 Å². The number of para-hydroxylation sites is 2. The van der Waals surface area contributed by atoms with Crippen LogP contribution in [0.1, 0.15) is 24.5 Å². The topological polar surface area (TPSA) is 47.6 Å². The van der Waals surface area contributed by atoms with E-state index in [0.29, 0.717) is 5.56 Å². The van der Waals surface area contributed by atoms with E-state index in [2.05, 4.69) is 45.4 Å². The van der Waals surface area contributed by atoms with Gasteiger partial charge in [-0.25, -0.2) is 4.98 Å². The lowest BCUT2D eigenvalue weighted by atomic mass is 10.0. The molecule has 1 aliphatic heterocycles. The standard InChI is InChI=1S/C25H24ClN5/c1-2-6-18-15-24(30-13-11-29(12-14-30)20-8-5-7-19(26)16-20)31-23-10-4-3-9-22(23)28-25(31)21(18)17-27/h3-5,7-10,15-16H,2,6,11-14H2,1H3. The number of imidazole rings is 1. The molecular formula is C25H24ClN5. The van der Waals surface area contributed by atoms with E-state index >= 15 is 0 Å². The molecule has 156 valence electrons. The molecule has 0 radical (unpaired) electrons. The minimum Gasteiger partial charge on any atom is -0.368 e. The Morgan fingerprint density at radius 2 is 1.77 bits per heavy atom. The van der Waals surface area contributed by atoms with Crippen molar-refractivity contribution in [1.29, 1.82) is 5.26 Å². The molecule has 0 aliphatic carbocycles. The first-order valence-corrected chi connectivity index (χ1v) is 11.2. The number of nitriles is 1. The molecule has 0 bridgehead atoms. The highest BCUT2D eigenvalue weighted by molar-refractivity contribution is 6.30.